The predicted molar refractivity (Wildman–Crippen MR) is 75.8 cm³/mol. The molecule has 1 unspecified atom stereocenters. The van der Waals surface area contributed by atoms with Crippen molar-refractivity contribution in [1.29, 1.82) is 0 Å². The normalized spacial score (nSPS) is 12.2. The van der Waals surface area contributed by atoms with Crippen molar-refractivity contribution < 1.29 is 9.50 Å². The third-order valence-corrected chi connectivity index (χ3v) is 3.26. The van der Waals surface area contributed by atoms with Crippen molar-refractivity contribution in [2.24, 2.45) is 0 Å². The lowest BCUT2D eigenvalue weighted by molar-refractivity contribution is 0.276. The van der Waals surface area contributed by atoms with Crippen LogP contribution in [0, 0.1) is 19.7 Å². The van der Waals surface area contributed by atoms with Crippen molar-refractivity contribution in [3.63, 3.8) is 0 Å². The highest BCUT2D eigenvalue weighted by molar-refractivity contribution is 5.52. The third-order valence-electron chi connectivity index (χ3n) is 3.26. The van der Waals surface area contributed by atoms with Crippen molar-refractivity contribution in [2.75, 3.05) is 11.9 Å². The first-order valence-electron chi connectivity index (χ1n) is 6.31. The quantitative estimate of drug-likeness (QED) is 0.879. The molecule has 0 radical (unpaired) electrons. The predicted octanol–water partition coefficient (Wildman–Crippen LogP) is 3.59. The molecule has 2 nitrogen and oxygen atoms in total. The van der Waals surface area contributed by atoms with Gasteiger partial charge in [-0.2, -0.15) is 0 Å². The van der Waals surface area contributed by atoms with Gasteiger partial charge in [0, 0.05) is 5.69 Å². The zero-order valence-corrected chi connectivity index (χ0v) is 11.2. The van der Waals surface area contributed by atoms with Gasteiger partial charge in [-0.3, -0.25) is 0 Å². The Morgan fingerprint density at radius 2 is 1.84 bits per heavy atom. The van der Waals surface area contributed by atoms with Crippen molar-refractivity contribution >= 4 is 5.69 Å². The van der Waals surface area contributed by atoms with Gasteiger partial charge >= 0.3 is 0 Å². The van der Waals surface area contributed by atoms with E-state index in [1.165, 1.54) is 12.1 Å². The van der Waals surface area contributed by atoms with Crippen LogP contribution in [-0.4, -0.2) is 11.7 Å². The average Bonchev–Trinajstić information content (AvgIpc) is 2.39. The highest BCUT2D eigenvalue weighted by atomic mass is 19.1. The number of aliphatic hydroxyl groups is 1. The lowest BCUT2D eigenvalue weighted by Crippen LogP contribution is -2.16. The minimum Gasteiger partial charge on any atom is -0.394 e. The van der Waals surface area contributed by atoms with Crippen LogP contribution >= 0.6 is 0 Å². The maximum Gasteiger partial charge on any atom is 0.123 e. The molecule has 2 N–H and O–H groups in total. The van der Waals surface area contributed by atoms with Crippen LogP contribution in [0.3, 0.4) is 0 Å². The first-order valence-corrected chi connectivity index (χ1v) is 6.31. The number of aryl methyl sites for hydroxylation is 2. The summed E-state index contributed by atoms with van der Waals surface area (Å²) in [5.74, 6) is -0.256. The fraction of sp³-hybridized carbons (Fsp3) is 0.250. The number of aliphatic hydroxyl groups excluding tert-OH is 1. The molecule has 2 rings (SSSR count). The molecule has 3 heteroatoms. The molecule has 0 amide bonds. The van der Waals surface area contributed by atoms with Gasteiger partial charge in [-0.1, -0.05) is 24.3 Å². The van der Waals surface area contributed by atoms with Crippen LogP contribution in [-0.2, 0) is 0 Å². The van der Waals surface area contributed by atoms with Crippen LogP contribution in [0.15, 0.2) is 42.5 Å². The number of anilines is 1. The summed E-state index contributed by atoms with van der Waals surface area (Å²) in [4.78, 5) is 0. The lowest BCUT2D eigenvalue weighted by atomic mass is 10.0. The van der Waals surface area contributed by atoms with E-state index in [-0.39, 0.29) is 18.5 Å². The van der Waals surface area contributed by atoms with E-state index in [2.05, 4.69) is 5.32 Å². The molecule has 0 saturated heterocycles. The zero-order chi connectivity index (χ0) is 13.8. The van der Waals surface area contributed by atoms with Crippen LogP contribution in [0.1, 0.15) is 22.7 Å². The van der Waals surface area contributed by atoms with E-state index in [0.717, 1.165) is 22.4 Å². The highest BCUT2D eigenvalue weighted by Gasteiger charge is 2.13. The van der Waals surface area contributed by atoms with Crippen molar-refractivity contribution in [1.82, 2.24) is 0 Å². The van der Waals surface area contributed by atoms with E-state index in [1.54, 1.807) is 6.07 Å². The van der Waals surface area contributed by atoms with E-state index >= 15 is 0 Å². The Labute approximate surface area is 112 Å². The lowest BCUT2D eigenvalue weighted by Gasteiger charge is -2.21. The van der Waals surface area contributed by atoms with Crippen molar-refractivity contribution in [3.05, 3.63) is 65.0 Å². The fourth-order valence-electron chi connectivity index (χ4n) is 2.17. The third kappa shape index (κ3) is 3.12. The molecule has 0 heterocycles. The van der Waals surface area contributed by atoms with Crippen LogP contribution in [0.5, 0.6) is 0 Å². The number of nitrogens with one attached hydrogen (secondary N) is 1. The summed E-state index contributed by atoms with van der Waals surface area (Å²) in [6.07, 6.45) is 0. The van der Waals surface area contributed by atoms with Crippen LogP contribution < -0.4 is 5.32 Å². The smallest absolute Gasteiger partial charge is 0.123 e. The summed E-state index contributed by atoms with van der Waals surface area (Å²) in [6, 6.07) is 12.3. The van der Waals surface area contributed by atoms with Crippen molar-refractivity contribution in [2.45, 2.75) is 19.9 Å². The average molecular weight is 259 g/mol. The number of benzene rings is 2. The van der Waals surface area contributed by atoms with Gasteiger partial charge in [-0.05, 0) is 48.7 Å². The summed E-state index contributed by atoms with van der Waals surface area (Å²) >= 11 is 0. The Morgan fingerprint density at radius 1 is 1.11 bits per heavy atom. The second-order valence-electron chi connectivity index (χ2n) is 4.70. The first-order chi connectivity index (χ1) is 9.11. The molecule has 0 aliphatic carbocycles. The molecule has 0 bridgehead atoms. The number of rotatable bonds is 4. The van der Waals surface area contributed by atoms with Crippen LogP contribution in [0.2, 0.25) is 0 Å². The molecule has 2 aromatic carbocycles. The number of halogens is 1. The molecule has 0 saturated carbocycles. The Morgan fingerprint density at radius 3 is 2.47 bits per heavy atom. The van der Waals surface area contributed by atoms with Gasteiger partial charge in [0.05, 0.1) is 12.6 Å². The summed E-state index contributed by atoms with van der Waals surface area (Å²) in [7, 11) is 0. The first kappa shape index (κ1) is 13.6. The number of para-hydroxylation sites is 1. The zero-order valence-electron chi connectivity index (χ0n) is 11.2. The minimum atomic E-state index is -0.256. The Bertz CT molecular complexity index is 568. The summed E-state index contributed by atoms with van der Waals surface area (Å²) < 4.78 is 13.1. The summed E-state index contributed by atoms with van der Waals surface area (Å²) in [5, 5.41) is 12.9. The molecule has 0 aliphatic rings. The topological polar surface area (TPSA) is 32.3 Å². The molecular weight excluding hydrogens is 241 g/mol. The Kier molecular flexibility index (Phi) is 4.17. The maximum atomic E-state index is 13.1. The molecule has 0 spiro atoms. The van der Waals surface area contributed by atoms with Gasteiger partial charge in [0.1, 0.15) is 5.82 Å². The standard InChI is InChI=1S/C16H18FNO/c1-11-5-3-4-6-15(11)18-16(10-19)14-8-7-13(17)9-12(14)2/h3-9,16,18-19H,10H2,1-2H3. The van der Waals surface area contributed by atoms with Gasteiger partial charge in [0.15, 0.2) is 0 Å². The van der Waals surface area contributed by atoms with E-state index in [4.69, 9.17) is 0 Å². The number of hydrogen-bond acceptors (Lipinski definition) is 2. The van der Waals surface area contributed by atoms with Gasteiger partial charge < -0.3 is 10.4 Å². The van der Waals surface area contributed by atoms with Crippen LogP contribution in [0.4, 0.5) is 10.1 Å². The molecule has 0 fully saturated rings. The molecular formula is C16H18FNO. The Hall–Kier alpha value is -1.87. The van der Waals surface area contributed by atoms with Gasteiger partial charge in [0.25, 0.3) is 0 Å². The van der Waals surface area contributed by atoms with Gasteiger partial charge in [0.2, 0.25) is 0 Å². The van der Waals surface area contributed by atoms with E-state index in [9.17, 15) is 9.50 Å². The second kappa shape index (κ2) is 5.85. The van der Waals surface area contributed by atoms with E-state index in [1.807, 2.05) is 38.1 Å². The van der Waals surface area contributed by atoms with Crippen LogP contribution in [0.25, 0.3) is 0 Å². The largest absolute Gasteiger partial charge is 0.394 e. The molecule has 0 aromatic heterocycles. The molecule has 0 aliphatic heterocycles. The SMILES string of the molecule is Cc1ccccc1NC(CO)c1ccc(F)cc1C. The second-order valence-corrected chi connectivity index (χ2v) is 4.70. The van der Waals surface area contributed by atoms with Gasteiger partial charge in [-0.25, -0.2) is 4.39 Å². The summed E-state index contributed by atoms with van der Waals surface area (Å²) in [6.45, 7) is 3.82. The molecule has 1 atom stereocenters. The summed E-state index contributed by atoms with van der Waals surface area (Å²) in [5.41, 5.74) is 3.83. The molecule has 2 aromatic rings. The highest BCUT2D eigenvalue weighted by Crippen LogP contribution is 2.24. The molecule has 19 heavy (non-hydrogen) atoms. The van der Waals surface area contributed by atoms with Gasteiger partial charge in [-0.15, -0.1) is 0 Å². The minimum absolute atomic E-state index is 0.0409. The maximum absolute atomic E-state index is 13.1. The van der Waals surface area contributed by atoms with E-state index < -0.39 is 0 Å². The Balaban J connectivity index is 2.28. The molecule has 100 valence electrons. The number of hydrogen-bond donors (Lipinski definition) is 2. The van der Waals surface area contributed by atoms with E-state index in [0.29, 0.717) is 0 Å². The fourth-order valence-corrected chi connectivity index (χ4v) is 2.17. The van der Waals surface area contributed by atoms with Crippen molar-refractivity contribution in [3.8, 4) is 0 Å². The monoisotopic (exact) mass is 259 g/mol.